The Morgan fingerprint density at radius 1 is 1.40 bits per heavy atom. The zero-order valence-corrected chi connectivity index (χ0v) is 8.81. The van der Waals surface area contributed by atoms with Crippen LogP contribution >= 0.6 is 0 Å². The van der Waals surface area contributed by atoms with Crippen molar-refractivity contribution < 1.29 is 23.0 Å². The lowest BCUT2D eigenvalue weighted by atomic mass is 10.2. The Morgan fingerprint density at radius 3 is 2.53 bits per heavy atom. The summed E-state index contributed by atoms with van der Waals surface area (Å²) in [7, 11) is 1.72. The molecule has 6 heteroatoms. The molecule has 0 bridgehead atoms. The van der Waals surface area contributed by atoms with Crippen molar-refractivity contribution >= 4 is 0 Å². The third-order valence-corrected chi connectivity index (χ3v) is 1.95. The number of nitrogens with one attached hydrogen (secondary N) is 1. The van der Waals surface area contributed by atoms with E-state index in [-0.39, 0.29) is 25.7 Å². The van der Waals surface area contributed by atoms with Gasteiger partial charge in [0.1, 0.15) is 0 Å². The molecule has 0 saturated heterocycles. The fourth-order valence-electron chi connectivity index (χ4n) is 1.07. The van der Waals surface area contributed by atoms with Crippen LogP contribution in [0, 0.1) is 0 Å². The average molecular weight is 229 g/mol. The normalized spacial score (nSPS) is 14.2. The minimum absolute atomic E-state index is 0.000821. The first-order valence-corrected chi connectivity index (χ1v) is 4.92. The summed E-state index contributed by atoms with van der Waals surface area (Å²) in [5.41, 5.74) is 0. The first-order valence-electron chi connectivity index (χ1n) is 4.92. The van der Waals surface area contributed by atoms with Crippen molar-refractivity contribution in [2.24, 2.45) is 0 Å². The van der Waals surface area contributed by atoms with Gasteiger partial charge in [0.25, 0.3) is 0 Å². The van der Waals surface area contributed by atoms with Gasteiger partial charge in [-0.15, -0.1) is 0 Å². The van der Waals surface area contributed by atoms with E-state index in [0.717, 1.165) is 0 Å². The van der Waals surface area contributed by atoms with Gasteiger partial charge in [-0.25, -0.2) is 0 Å². The SMILES string of the molecule is CNC(CCO)COCCCC(F)(F)F. The Labute approximate surface area is 87.6 Å². The van der Waals surface area contributed by atoms with Crippen molar-refractivity contribution in [2.75, 3.05) is 26.9 Å². The molecule has 0 radical (unpaired) electrons. The maximum Gasteiger partial charge on any atom is 0.389 e. The van der Waals surface area contributed by atoms with Gasteiger partial charge in [0, 0.05) is 25.7 Å². The molecular formula is C9H18F3NO2. The summed E-state index contributed by atoms with van der Waals surface area (Å²) in [5, 5.41) is 11.5. The molecule has 0 rings (SSSR count). The van der Waals surface area contributed by atoms with Crippen molar-refractivity contribution in [1.82, 2.24) is 5.32 Å². The van der Waals surface area contributed by atoms with Gasteiger partial charge in [0.2, 0.25) is 0 Å². The average Bonchev–Trinajstić information content (AvgIpc) is 2.14. The van der Waals surface area contributed by atoms with Crippen LogP contribution in [0.3, 0.4) is 0 Å². The Bertz CT molecular complexity index is 153. The predicted octanol–water partition coefficient (Wildman–Crippen LogP) is 1.32. The van der Waals surface area contributed by atoms with E-state index in [4.69, 9.17) is 9.84 Å². The number of rotatable bonds is 8. The van der Waals surface area contributed by atoms with Crippen molar-refractivity contribution in [2.45, 2.75) is 31.5 Å². The monoisotopic (exact) mass is 229 g/mol. The second-order valence-electron chi connectivity index (χ2n) is 3.29. The molecular weight excluding hydrogens is 211 g/mol. The number of hydrogen-bond donors (Lipinski definition) is 2. The zero-order valence-electron chi connectivity index (χ0n) is 8.81. The lowest BCUT2D eigenvalue weighted by Crippen LogP contribution is -2.31. The molecule has 0 aromatic carbocycles. The van der Waals surface area contributed by atoms with Gasteiger partial charge in [-0.3, -0.25) is 0 Å². The Balaban J connectivity index is 3.36. The molecule has 3 nitrogen and oxygen atoms in total. The first-order chi connectivity index (χ1) is 6.99. The highest BCUT2D eigenvalue weighted by atomic mass is 19.4. The van der Waals surface area contributed by atoms with Crippen LogP contribution in [0.1, 0.15) is 19.3 Å². The van der Waals surface area contributed by atoms with E-state index in [1.807, 2.05) is 0 Å². The summed E-state index contributed by atoms with van der Waals surface area (Å²) in [5.74, 6) is 0. The van der Waals surface area contributed by atoms with Gasteiger partial charge in [-0.1, -0.05) is 0 Å². The summed E-state index contributed by atoms with van der Waals surface area (Å²) in [4.78, 5) is 0. The molecule has 0 aliphatic heterocycles. The van der Waals surface area contributed by atoms with Crippen LogP contribution in [-0.2, 0) is 4.74 Å². The van der Waals surface area contributed by atoms with Gasteiger partial charge in [0.15, 0.2) is 0 Å². The molecule has 2 N–H and O–H groups in total. The fraction of sp³-hybridized carbons (Fsp3) is 1.00. The van der Waals surface area contributed by atoms with Crippen LogP contribution in [-0.4, -0.2) is 44.2 Å². The third kappa shape index (κ3) is 9.96. The summed E-state index contributed by atoms with van der Waals surface area (Å²) < 4.78 is 40.2. The molecule has 0 heterocycles. The smallest absolute Gasteiger partial charge is 0.389 e. The van der Waals surface area contributed by atoms with Gasteiger partial charge < -0.3 is 15.2 Å². The Hall–Kier alpha value is -0.330. The summed E-state index contributed by atoms with van der Waals surface area (Å²) in [6.45, 7) is 0.468. The summed E-state index contributed by atoms with van der Waals surface area (Å²) in [6.07, 6.45) is -4.39. The van der Waals surface area contributed by atoms with Crippen molar-refractivity contribution in [1.29, 1.82) is 0 Å². The molecule has 0 amide bonds. The van der Waals surface area contributed by atoms with Crippen LogP contribution < -0.4 is 5.32 Å². The van der Waals surface area contributed by atoms with Crippen molar-refractivity contribution in [3.63, 3.8) is 0 Å². The molecule has 0 aliphatic rings. The Morgan fingerprint density at radius 2 is 2.07 bits per heavy atom. The minimum atomic E-state index is -4.10. The van der Waals surface area contributed by atoms with E-state index in [9.17, 15) is 13.2 Å². The maximum absolute atomic E-state index is 11.7. The molecule has 0 aliphatic carbocycles. The summed E-state index contributed by atoms with van der Waals surface area (Å²) in [6, 6.07) is 0.000821. The molecule has 0 saturated carbocycles. The van der Waals surface area contributed by atoms with E-state index < -0.39 is 12.6 Å². The van der Waals surface area contributed by atoms with E-state index in [0.29, 0.717) is 13.0 Å². The van der Waals surface area contributed by atoms with Crippen molar-refractivity contribution in [3.05, 3.63) is 0 Å². The molecule has 1 unspecified atom stereocenters. The van der Waals surface area contributed by atoms with E-state index in [1.165, 1.54) is 0 Å². The molecule has 1 atom stereocenters. The lowest BCUT2D eigenvalue weighted by molar-refractivity contribution is -0.138. The number of hydrogen-bond acceptors (Lipinski definition) is 3. The number of halogens is 3. The molecule has 92 valence electrons. The van der Waals surface area contributed by atoms with Gasteiger partial charge in [-0.2, -0.15) is 13.2 Å². The molecule has 0 aromatic rings. The van der Waals surface area contributed by atoms with Crippen LogP contribution in [0.25, 0.3) is 0 Å². The number of likely N-dealkylation sites (N-methyl/N-ethyl adjacent to an activating group) is 1. The molecule has 15 heavy (non-hydrogen) atoms. The van der Waals surface area contributed by atoms with Crippen LogP contribution in [0.5, 0.6) is 0 Å². The minimum Gasteiger partial charge on any atom is -0.396 e. The highest BCUT2D eigenvalue weighted by Gasteiger charge is 2.25. The lowest BCUT2D eigenvalue weighted by Gasteiger charge is -2.15. The summed E-state index contributed by atoms with van der Waals surface area (Å²) >= 11 is 0. The predicted molar refractivity (Wildman–Crippen MR) is 50.7 cm³/mol. The van der Waals surface area contributed by atoms with Crippen molar-refractivity contribution in [3.8, 4) is 0 Å². The number of ether oxygens (including phenoxy) is 1. The van der Waals surface area contributed by atoms with E-state index in [1.54, 1.807) is 7.05 Å². The van der Waals surface area contributed by atoms with E-state index >= 15 is 0 Å². The largest absolute Gasteiger partial charge is 0.396 e. The van der Waals surface area contributed by atoms with E-state index in [2.05, 4.69) is 5.32 Å². The quantitative estimate of drug-likeness (QED) is 0.617. The van der Waals surface area contributed by atoms with Crippen LogP contribution in [0.2, 0.25) is 0 Å². The second kappa shape index (κ2) is 7.90. The first kappa shape index (κ1) is 14.7. The maximum atomic E-state index is 11.7. The van der Waals surface area contributed by atoms with Crippen LogP contribution in [0.4, 0.5) is 13.2 Å². The van der Waals surface area contributed by atoms with Gasteiger partial charge in [0.05, 0.1) is 6.61 Å². The number of aliphatic hydroxyl groups excluding tert-OH is 1. The second-order valence-corrected chi connectivity index (χ2v) is 3.29. The number of alkyl halides is 3. The van der Waals surface area contributed by atoms with Crippen LogP contribution in [0.15, 0.2) is 0 Å². The highest BCUT2D eigenvalue weighted by Crippen LogP contribution is 2.20. The molecule has 0 aromatic heterocycles. The molecule has 0 spiro atoms. The number of aliphatic hydroxyl groups is 1. The topological polar surface area (TPSA) is 41.5 Å². The standard InChI is InChI=1S/C9H18F3NO2/c1-13-8(3-5-14)7-15-6-2-4-9(10,11)12/h8,13-14H,2-7H2,1H3. The molecule has 0 fully saturated rings. The fourth-order valence-corrected chi connectivity index (χ4v) is 1.07. The third-order valence-electron chi connectivity index (χ3n) is 1.95. The van der Waals surface area contributed by atoms with Gasteiger partial charge >= 0.3 is 6.18 Å². The zero-order chi connectivity index (χ0) is 11.7. The van der Waals surface area contributed by atoms with Gasteiger partial charge in [-0.05, 0) is 19.9 Å². The Kier molecular flexibility index (Phi) is 7.72. The highest BCUT2D eigenvalue weighted by molar-refractivity contribution is 4.62.